The molecule has 0 saturated carbocycles. The molecule has 1 aliphatic heterocycles. The highest BCUT2D eigenvalue weighted by Gasteiger charge is 2.36. The summed E-state index contributed by atoms with van der Waals surface area (Å²) in [6.07, 6.45) is 5.57. The third-order valence-electron chi connectivity index (χ3n) is 3.57. The fourth-order valence-electron chi connectivity index (χ4n) is 2.75. The molecule has 18 heavy (non-hydrogen) atoms. The third-order valence-corrected chi connectivity index (χ3v) is 3.77. The van der Waals surface area contributed by atoms with Gasteiger partial charge < -0.3 is 5.32 Å². The van der Waals surface area contributed by atoms with Crippen molar-refractivity contribution in [2.24, 2.45) is 0 Å². The zero-order valence-corrected chi connectivity index (χ0v) is 11.8. The number of aromatic nitrogens is 2. The maximum absolute atomic E-state index is 11.8. The second kappa shape index (κ2) is 5.31. The Morgan fingerprint density at radius 1 is 1.44 bits per heavy atom. The van der Waals surface area contributed by atoms with E-state index >= 15 is 0 Å². The lowest BCUT2D eigenvalue weighted by Crippen LogP contribution is -2.37. The van der Waals surface area contributed by atoms with Crippen LogP contribution < -0.4 is 11.0 Å². The Hall–Kier alpha value is -1.03. The Bertz CT molecular complexity index is 486. The van der Waals surface area contributed by atoms with E-state index in [2.05, 4.69) is 24.1 Å². The number of halogens is 1. The monoisotopic (exact) mass is 269 g/mol. The fourth-order valence-corrected chi connectivity index (χ4v) is 2.93. The van der Waals surface area contributed by atoms with E-state index in [1.165, 1.54) is 0 Å². The summed E-state index contributed by atoms with van der Waals surface area (Å²) in [5, 5.41) is 3.77. The van der Waals surface area contributed by atoms with Crippen LogP contribution in [0.1, 0.15) is 46.0 Å². The van der Waals surface area contributed by atoms with Crippen LogP contribution in [0.15, 0.2) is 10.9 Å². The smallest absolute Gasteiger partial charge is 0.350 e. The molecule has 0 aromatic carbocycles. The summed E-state index contributed by atoms with van der Waals surface area (Å²) >= 11 is 5.84. The highest BCUT2D eigenvalue weighted by Crippen LogP contribution is 2.33. The molecule has 2 rings (SSSR count). The van der Waals surface area contributed by atoms with Crippen LogP contribution in [-0.2, 0) is 6.54 Å². The summed E-state index contributed by atoms with van der Waals surface area (Å²) in [6, 6.07) is 1.74. The molecule has 0 radical (unpaired) electrons. The molecule has 0 aliphatic carbocycles. The van der Waals surface area contributed by atoms with Crippen molar-refractivity contribution in [3.8, 4) is 0 Å². The van der Waals surface area contributed by atoms with Crippen molar-refractivity contribution in [1.82, 2.24) is 9.55 Å². The minimum atomic E-state index is -0.250. The lowest BCUT2D eigenvalue weighted by molar-refractivity contribution is 0.361. The van der Waals surface area contributed by atoms with Gasteiger partial charge in [0, 0.05) is 6.07 Å². The average Bonchev–Trinajstić information content (AvgIpc) is 2.66. The standard InChI is InChI=1S/C13H20ClN3O/c1-3-5-7-13(6-4-2)9-17-11(16-13)8-10(14)15-12(17)18/h8,16H,3-7,9H2,1-2H3. The lowest BCUT2D eigenvalue weighted by Gasteiger charge is -2.28. The summed E-state index contributed by atoms with van der Waals surface area (Å²) in [4.78, 5) is 15.6. The molecule has 0 fully saturated rings. The van der Waals surface area contributed by atoms with Gasteiger partial charge >= 0.3 is 5.69 Å². The molecule has 5 heteroatoms. The molecule has 4 nitrogen and oxygen atoms in total. The Morgan fingerprint density at radius 3 is 2.89 bits per heavy atom. The van der Waals surface area contributed by atoms with Crippen LogP contribution in [-0.4, -0.2) is 15.1 Å². The van der Waals surface area contributed by atoms with Gasteiger partial charge in [0.1, 0.15) is 11.0 Å². The van der Waals surface area contributed by atoms with Crippen LogP contribution in [0.5, 0.6) is 0 Å². The van der Waals surface area contributed by atoms with E-state index in [-0.39, 0.29) is 16.4 Å². The van der Waals surface area contributed by atoms with Crippen molar-refractivity contribution in [2.75, 3.05) is 5.32 Å². The van der Waals surface area contributed by atoms with Crippen LogP contribution >= 0.6 is 11.6 Å². The summed E-state index contributed by atoms with van der Waals surface area (Å²) in [5.41, 5.74) is -0.247. The minimum Gasteiger partial charge on any atom is -0.364 e. The van der Waals surface area contributed by atoms with E-state index in [1.807, 2.05) is 0 Å². The molecule has 0 saturated heterocycles. The van der Waals surface area contributed by atoms with Gasteiger partial charge in [-0.1, -0.05) is 44.7 Å². The Labute approximate surface area is 112 Å². The van der Waals surface area contributed by atoms with Gasteiger partial charge in [-0.05, 0) is 12.8 Å². The first kappa shape index (κ1) is 13.4. The number of anilines is 1. The third kappa shape index (κ3) is 2.53. The molecule has 0 amide bonds. The molecule has 1 N–H and O–H groups in total. The molecule has 1 aromatic rings. The Balaban J connectivity index is 2.29. The average molecular weight is 270 g/mol. The van der Waals surface area contributed by atoms with Gasteiger partial charge in [0.25, 0.3) is 0 Å². The van der Waals surface area contributed by atoms with Crippen molar-refractivity contribution < 1.29 is 0 Å². The number of fused-ring (bicyclic) bond motifs is 1. The molecule has 100 valence electrons. The minimum absolute atomic E-state index is 0.00326. The Morgan fingerprint density at radius 2 is 2.22 bits per heavy atom. The van der Waals surface area contributed by atoms with E-state index in [0.717, 1.165) is 37.9 Å². The van der Waals surface area contributed by atoms with Crippen LogP contribution in [0.3, 0.4) is 0 Å². The van der Waals surface area contributed by atoms with E-state index < -0.39 is 0 Å². The molecule has 0 spiro atoms. The van der Waals surface area contributed by atoms with E-state index in [1.54, 1.807) is 10.6 Å². The highest BCUT2D eigenvalue weighted by atomic mass is 35.5. The van der Waals surface area contributed by atoms with Gasteiger partial charge in [-0.15, -0.1) is 0 Å². The Kier molecular flexibility index (Phi) is 3.95. The molecule has 1 unspecified atom stereocenters. The van der Waals surface area contributed by atoms with Crippen LogP contribution in [0, 0.1) is 0 Å². The first-order chi connectivity index (χ1) is 8.60. The summed E-state index contributed by atoms with van der Waals surface area (Å²) < 4.78 is 1.71. The van der Waals surface area contributed by atoms with Crippen molar-refractivity contribution in [1.29, 1.82) is 0 Å². The molecule has 1 atom stereocenters. The number of hydrogen-bond donors (Lipinski definition) is 1. The molecule has 2 heterocycles. The molecule has 1 aliphatic rings. The predicted octanol–water partition coefficient (Wildman–Crippen LogP) is 3.05. The zero-order valence-electron chi connectivity index (χ0n) is 11.0. The first-order valence-corrected chi connectivity index (χ1v) is 7.03. The fraction of sp³-hybridized carbons (Fsp3) is 0.692. The number of nitrogens with zero attached hydrogens (tertiary/aromatic N) is 2. The van der Waals surface area contributed by atoms with E-state index in [0.29, 0.717) is 6.54 Å². The molecule has 1 aromatic heterocycles. The molecule has 0 bridgehead atoms. The zero-order chi connectivity index (χ0) is 13.2. The van der Waals surface area contributed by atoms with Gasteiger partial charge in [0.15, 0.2) is 0 Å². The summed E-state index contributed by atoms with van der Waals surface area (Å²) in [6.45, 7) is 5.07. The predicted molar refractivity (Wildman–Crippen MR) is 74.3 cm³/mol. The second-order valence-electron chi connectivity index (χ2n) is 5.09. The van der Waals surface area contributed by atoms with Gasteiger partial charge in [-0.25, -0.2) is 4.79 Å². The van der Waals surface area contributed by atoms with Crippen LogP contribution in [0.25, 0.3) is 0 Å². The number of unbranched alkanes of at least 4 members (excludes halogenated alkanes) is 1. The SMILES string of the molecule is CCCCC1(CCC)Cn2c(cc(Cl)nc2=O)N1. The van der Waals surface area contributed by atoms with Gasteiger partial charge in [-0.2, -0.15) is 4.98 Å². The van der Waals surface area contributed by atoms with Crippen molar-refractivity contribution in [3.63, 3.8) is 0 Å². The van der Waals surface area contributed by atoms with Crippen molar-refractivity contribution >= 4 is 17.4 Å². The largest absolute Gasteiger partial charge is 0.364 e. The summed E-state index contributed by atoms with van der Waals surface area (Å²) in [7, 11) is 0. The molecular weight excluding hydrogens is 250 g/mol. The van der Waals surface area contributed by atoms with Crippen LogP contribution in [0.4, 0.5) is 5.82 Å². The van der Waals surface area contributed by atoms with Gasteiger partial charge in [0.2, 0.25) is 0 Å². The maximum atomic E-state index is 11.8. The number of rotatable bonds is 5. The van der Waals surface area contributed by atoms with E-state index in [4.69, 9.17) is 11.6 Å². The first-order valence-electron chi connectivity index (χ1n) is 6.66. The second-order valence-corrected chi connectivity index (χ2v) is 5.48. The number of hydrogen-bond acceptors (Lipinski definition) is 3. The lowest BCUT2D eigenvalue weighted by atomic mass is 9.88. The number of nitrogens with one attached hydrogen (secondary N) is 1. The maximum Gasteiger partial charge on any atom is 0.350 e. The molecular formula is C13H20ClN3O. The van der Waals surface area contributed by atoms with Crippen LogP contribution in [0.2, 0.25) is 5.15 Å². The van der Waals surface area contributed by atoms with Crippen molar-refractivity contribution in [3.05, 3.63) is 21.7 Å². The topological polar surface area (TPSA) is 46.9 Å². The summed E-state index contributed by atoms with van der Waals surface area (Å²) in [5.74, 6) is 0.810. The van der Waals surface area contributed by atoms with Crippen molar-refractivity contribution in [2.45, 2.75) is 58.0 Å². The van der Waals surface area contributed by atoms with Gasteiger partial charge in [0.05, 0.1) is 12.1 Å². The van der Waals surface area contributed by atoms with Gasteiger partial charge in [-0.3, -0.25) is 4.57 Å². The van der Waals surface area contributed by atoms with E-state index in [9.17, 15) is 4.79 Å². The highest BCUT2D eigenvalue weighted by molar-refractivity contribution is 6.29. The quantitative estimate of drug-likeness (QED) is 0.836. The normalized spacial score (nSPS) is 21.7.